The van der Waals surface area contributed by atoms with E-state index in [1.165, 1.54) is 0 Å². The molecule has 1 saturated heterocycles. The second-order valence-electron chi connectivity index (χ2n) is 6.82. The van der Waals surface area contributed by atoms with Crippen molar-refractivity contribution in [1.82, 2.24) is 5.32 Å². The lowest BCUT2D eigenvalue weighted by atomic mass is 10.0. The van der Waals surface area contributed by atoms with E-state index >= 15 is 0 Å². The van der Waals surface area contributed by atoms with Gasteiger partial charge in [0, 0.05) is 18.8 Å². The van der Waals surface area contributed by atoms with Gasteiger partial charge in [-0.05, 0) is 30.5 Å². The van der Waals surface area contributed by atoms with Crippen molar-refractivity contribution < 1.29 is 17.9 Å². The lowest BCUT2D eigenvalue weighted by molar-refractivity contribution is -0.128. The number of halogens is 1. The normalized spacial score (nSPS) is 21.6. The maximum absolute atomic E-state index is 12.6. The molecule has 1 aromatic carbocycles. The Hall–Kier alpha value is -1.15. The number of rotatable bonds is 5. The highest BCUT2D eigenvalue weighted by molar-refractivity contribution is 7.91. The number of anilines is 1. The molecule has 1 unspecified atom stereocenters. The van der Waals surface area contributed by atoms with Gasteiger partial charge in [0.1, 0.15) is 6.10 Å². The van der Waals surface area contributed by atoms with Gasteiger partial charge >= 0.3 is 0 Å². The first-order valence-corrected chi connectivity index (χ1v) is 10.7. The van der Waals surface area contributed by atoms with E-state index in [-0.39, 0.29) is 29.3 Å². The van der Waals surface area contributed by atoms with Gasteiger partial charge in [0.25, 0.3) is 5.91 Å². The fraction of sp³-hybridized carbons (Fsp3) is 0.611. The van der Waals surface area contributed by atoms with Crippen LogP contribution in [0.5, 0.6) is 0 Å². The van der Waals surface area contributed by atoms with Crippen LogP contribution in [0.1, 0.15) is 37.7 Å². The van der Waals surface area contributed by atoms with Crippen LogP contribution in [0.3, 0.4) is 0 Å². The van der Waals surface area contributed by atoms with E-state index in [1.54, 1.807) is 24.3 Å². The Morgan fingerprint density at radius 2 is 2.00 bits per heavy atom. The van der Waals surface area contributed by atoms with E-state index in [0.717, 1.165) is 38.6 Å². The molecule has 1 aromatic rings. The molecule has 2 fully saturated rings. The van der Waals surface area contributed by atoms with Crippen molar-refractivity contribution in [1.29, 1.82) is 0 Å². The highest BCUT2D eigenvalue weighted by Crippen LogP contribution is 2.26. The number of sulfone groups is 1. The smallest absolute Gasteiger partial charge is 0.254 e. The lowest BCUT2D eigenvalue weighted by Crippen LogP contribution is -2.45. The molecule has 0 radical (unpaired) electrons. The molecular weight excluding hydrogens is 376 g/mol. The Kier molecular flexibility index (Phi) is 7.88. The topological polar surface area (TPSA) is 84.5 Å². The quantitative estimate of drug-likeness (QED) is 0.789. The number of carbonyl (C=O) groups is 1. The number of ether oxygens (including phenoxy) is 1. The number of hydrogen-bond donors (Lipinski definition) is 2. The van der Waals surface area contributed by atoms with Crippen LogP contribution in [0, 0.1) is 0 Å². The standard InChI is InChI=1S/C18H26N2O4S.ClH/c21-18(17-12-19-9-10-24-17)20-15-6-4-5-14(11-15)13-25(22,23)16-7-2-1-3-8-16;/h4-6,11,16-17,19H,1-3,7-10,12-13H2,(H,20,21);1H. The van der Waals surface area contributed by atoms with E-state index in [0.29, 0.717) is 24.4 Å². The van der Waals surface area contributed by atoms with Crippen LogP contribution in [0.2, 0.25) is 0 Å². The van der Waals surface area contributed by atoms with E-state index in [2.05, 4.69) is 10.6 Å². The molecule has 0 aromatic heterocycles. The van der Waals surface area contributed by atoms with Gasteiger partial charge in [0.15, 0.2) is 9.84 Å². The fourth-order valence-corrected chi connectivity index (χ4v) is 5.40. The van der Waals surface area contributed by atoms with Gasteiger partial charge in [-0.1, -0.05) is 31.4 Å². The van der Waals surface area contributed by atoms with Crippen LogP contribution in [0.15, 0.2) is 24.3 Å². The van der Waals surface area contributed by atoms with Crippen molar-refractivity contribution in [2.75, 3.05) is 25.0 Å². The Bertz CT molecular complexity index is 699. The molecule has 1 atom stereocenters. The van der Waals surface area contributed by atoms with Gasteiger partial charge in [0.05, 0.1) is 17.6 Å². The third kappa shape index (κ3) is 5.67. The summed E-state index contributed by atoms with van der Waals surface area (Å²) < 4.78 is 30.7. The molecule has 26 heavy (non-hydrogen) atoms. The van der Waals surface area contributed by atoms with Crippen molar-refractivity contribution in [3.05, 3.63) is 29.8 Å². The maximum atomic E-state index is 12.6. The number of amides is 1. The van der Waals surface area contributed by atoms with Gasteiger partial charge in [0.2, 0.25) is 0 Å². The zero-order chi connectivity index (χ0) is 17.7. The molecule has 2 aliphatic rings. The predicted octanol–water partition coefficient (Wildman–Crippen LogP) is 2.28. The zero-order valence-electron chi connectivity index (χ0n) is 14.8. The molecule has 1 aliphatic heterocycles. The molecule has 2 N–H and O–H groups in total. The number of nitrogens with one attached hydrogen (secondary N) is 2. The molecular formula is C18H27ClN2O4S. The Morgan fingerprint density at radius 3 is 2.69 bits per heavy atom. The summed E-state index contributed by atoms with van der Waals surface area (Å²) in [7, 11) is -3.15. The molecule has 8 heteroatoms. The lowest BCUT2D eigenvalue weighted by Gasteiger charge is -2.23. The van der Waals surface area contributed by atoms with Crippen molar-refractivity contribution in [2.24, 2.45) is 0 Å². The molecule has 0 spiro atoms. The second-order valence-corrected chi connectivity index (χ2v) is 9.10. The van der Waals surface area contributed by atoms with Crippen LogP contribution in [0.4, 0.5) is 5.69 Å². The minimum absolute atomic E-state index is 0. The average molecular weight is 403 g/mol. The molecule has 1 saturated carbocycles. The van der Waals surface area contributed by atoms with Gasteiger partial charge in [-0.2, -0.15) is 0 Å². The molecule has 1 aliphatic carbocycles. The highest BCUT2D eigenvalue weighted by atomic mass is 35.5. The van der Waals surface area contributed by atoms with Crippen LogP contribution in [-0.4, -0.2) is 45.4 Å². The van der Waals surface area contributed by atoms with Crippen LogP contribution >= 0.6 is 12.4 Å². The monoisotopic (exact) mass is 402 g/mol. The van der Waals surface area contributed by atoms with Crippen molar-refractivity contribution in [2.45, 2.75) is 49.2 Å². The summed E-state index contributed by atoms with van der Waals surface area (Å²) in [6.07, 6.45) is 4.15. The molecule has 1 heterocycles. The minimum atomic E-state index is -3.15. The number of carbonyl (C=O) groups excluding carboxylic acids is 1. The van der Waals surface area contributed by atoms with Gasteiger partial charge in [-0.25, -0.2) is 8.42 Å². The average Bonchev–Trinajstić information content (AvgIpc) is 2.63. The van der Waals surface area contributed by atoms with Crippen LogP contribution in [0.25, 0.3) is 0 Å². The number of hydrogen-bond acceptors (Lipinski definition) is 5. The molecule has 1 amide bonds. The third-order valence-corrected chi connectivity index (χ3v) is 7.07. The summed E-state index contributed by atoms with van der Waals surface area (Å²) in [6, 6.07) is 7.09. The van der Waals surface area contributed by atoms with Crippen molar-refractivity contribution in [3.63, 3.8) is 0 Å². The van der Waals surface area contributed by atoms with E-state index < -0.39 is 15.9 Å². The molecule has 3 rings (SSSR count). The van der Waals surface area contributed by atoms with Crippen molar-refractivity contribution >= 4 is 33.8 Å². The Morgan fingerprint density at radius 1 is 1.23 bits per heavy atom. The number of benzene rings is 1. The van der Waals surface area contributed by atoms with Gasteiger partial charge < -0.3 is 15.4 Å². The minimum Gasteiger partial charge on any atom is -0.366 e. The molecule has 146 valence electrons. The summed E-state index contributed by atoms with van der Waals surface area (Å²) in [5.41, 5.74) is 1.32. The largest absolute Gasteiger partial charge is 0.366 e. The molecule has 0 bridgehead atoms. The number of morpholine rings is 1. The van der Waals surface area contributed by atoms with Gasteiger partial charge in [-0.3, -0.25) is 4.79 Å². The Labute approximate surface area is 161 Å². The first-order valence-electron chi connectivity index (χ1n) is 8.98. The summed E-state index contributed by atoms with van der Waals surface area (Å²) in [5.74, 6) is -0.178. The third-order valence-electron chi connectivity index (χ3n) is 4.84. The van der Waals surface area contributed by atoms with E-state index in [1.807, 2.05) is 0 Å². The van der Waals surface area contributed by atoms with Crippen LogP contribution < -0.4 is 10.6 Å². The van der Waals surface area contributed by atoms with E-state index in [9.17, 15) is 13.2 Å². The van der Waals surface area contributed by atoms with E-state index in [4.69, 9.17) is 4.74 Å². The first-order chi connectivity index (χ1) is 12.0. The van der Waals surface area contributed by atoms with Crippen LogP contribution in [-0.2, 0) is 25.1 Å². The molecule has 6 nitrogen and oxygen atoms in total. The maximum Gasteiger partial charge on any atom is 0.254 e. The van der Waals surface area contributed by atoms with Gasteiger partial charge in [-0.15, -0.1) is 12.4 Å². The SMILES string of the molecule is Cl.O=C(Nc1cccc(CS(=O)(=O)C2CCCCC2)c1)C1CNCCO1. The Balaban J connectivity index is 0.00000243. The summed E-state index contributed by atoms with van der Waals surface area (Å²) in [5, 5.41) is 5.71. The second kappa shape index (κ2) is 9.69. The predicted molar refractivity (Wildman–Crippen MR) is 104 cm³/mol. The summed E-state index contributed by atoms with van der Waals surface area (Å²) >= 11 is 0. The summed E-state index contributed by atoms with van der Waals surface area (Å²) in [4.78, 5) is 12.2. The zero-order valence-corrected chi connectivity index (χ0v) is 16.4. The summed E-state index contributed by atoms with van der Waals surface area (Å²) in [6.45, 7) is 1.75. The highest BCUT2D eigenvalue weighted by Gasteiger charge is 2.27. The first kappa shape index (κ1) is 21.2. The van der Waals surface area contributed by atoms with Crippen molar-refractivity contribution in [3.8, 4) is 0 Å². The fourth-order valence-electron chi connectivity index (χ4n) is 3.47.